The van der Waals surface area contributed by atoms with Crippen molar-refractivity contribution in [2.75, 3.05) is 19.6 Å². The SMILES string of the molecule is O=C(Cc1noc2ccccc12)NC(CN1CCCC1)c1ccccc1. The molecule has 1 amide bonds. The van der Waals surface area contributed by atoms with Crippen LogP contribution in [-0.2, 0) is 11.2 Å². The van der Waals surface area contributed by atoms with E-state index in [1.165, 1.54) is 12.8 Å². The number of nitrogens with zero attached hydrogens (tertiary/aromatic N) is 2. The zero-order valence-corrected chi connectivity index (χ0v) is 14.7. The first-order chi connectivity index (χ1) is 12.8. The second-order valence-corrected chi connectivity index (χ2v) is 6.84. The Morgan fingerprint density at radius 1 is 1.08 bits per heavy atom. The molecular formula is C21H23N3O2. The van der Waals surface area contributed by atoms with Gasteiger partial charge in [0.05, 0.1) is 12.5 Å². The van der Waals surface area contributed by atoms with E-state index in [-0.39, 0.29) is 18.4 Å². The molecule has 4 rings (SSSR count). The Balaban J connectivity index is 1.48. The average Bonchev–Trinajstić information content (AvgIpc) is 3.32. The van der Waals surface area contributed by atoms with Gasteiger partial charge < -0.3 is 14.7 Å². The monoisotopic (exact) mass is 349 g/mol. The van der Waals surface area contributed by atoms with Gasteiger partial charge in [-0.3, -0.25) is 4.79 Å². The van der Waals surface area contributed by atoms with Crippen molar-refractivity contribution in [2.45, 2.75) is 25.3 Å². The summed E-state index contributed by atoms with van der Waals surface area (Å²) < 4.78 is 5.31. The van der Waals surface area contributed by atoms with E-state index in [1.54, 1.807) is 0 Å². The normalized spacial score (nSPS) is 16.0. The van der Waals surface area contributed by atoms with Gasteiger partial charge in [-0.15, -0.1) is 0 Å². The molecule has 1 aliphatic heterocycles. The third-order valence-corrected chi connectivity index (χ3v) is 4.96. The zero-order chi connectivity index (χ0) is 17.8. The fourth-order valence-corrected chi connectivity index (χ4v) is 3.61. The van der Waals surface area contributed by atoms with E-state index >= 15 is 0 Å². The standard InChI is InChI=1S/C21H23N3O2/c25-21(14-18-17-10-4-5-11-20(17)26-23-18)22-19(15-24-12-6-7-13-24)16-8-2-1-3-9-16/h1-5,8-11,19H,6-7,12-15H2,(H,22,25). The molecule has 26 heavy (non-hydrogen) atoms. The number of carbonyl (C=O) groups excluding carboxylic acids is 1. The molecule has 1 unspecified atom stereocenters. The van der Waals surface area contributed by atoms with Crippen molar-refractivity contribution in [3.05, 3.63) is 65.9 Å². The molecule has 1 fully saturated rings. The molecule has 5 nitrogen and oxygen atoms in total. The molecule has 5 heteroatoms. The maximum atomic E-state index is 12.7. The Bertz CT molecular complexity index is 869. The van der Waals surface area contributed by atoms with Crippen LogP contribution in [0.2, 0.25) is 0 Å². The number of nitrogens with one attached hydrogen (secondary N) is 1. The summed E-state index contributed by atoms with van der Waals surface area (Å²) in [5, 5.41) is 8.17. The number of para-hydroxylation sites is 1. The molecular weight excluding hydrogens is 326 g/mol. The molecule has 0 saturated carbocycles. The van der Waals surface area contributed by atoms with Gasteiger partial charge in [0.1, 0.15) is 5.69 Å². The van der Waals surface area contributed by atoms with Crippen LogP contribution in [0.4, 0.5) is 0 Å². The number of rotatable bonds is 6. The quantitative estimate of drug-likeness (QED) is 0.742. The van der Waals surface area contributed by atoms with Crippen molar-refractivity contribution in [2.24, 2.45) is 0 Å². The lowest BCUT2D eigenvalue weighted by Gasteiger charge is -2.25. The highest BCUT2D eigenvalue weighted by molar-refractivity contribution is 5.86. The minimum absolute atomic E-state index is 0.0139. The fraction of sp³-hybridized carbons (Fsp3) is 0.333. The third-order valence-electron chi connectivity index (χ3n) is 4.96. The second-order valence-electron chi connectivity index (χ2n) is 6.84. The Morgan fingerprint density at radius 2 is 1.81 bits per heavy atom. The molecule has 134 valence electrons. The fourth-order valence-electron chi connectivity index (χ4n) is 3.61. The molecule has 2 heterocycles. The molecule has 1 saturated heterocycles. The van der Waals surface area contributed by atoms with Gasteiger partial charge in [0.15, 0.2) is 5.58 Å². The van der Waals surface area contributed by atoms with E-state index in [9.17, 15) is 4.79 Å². The van der Waals surface area contributed by atoms with E-state index in [0.29, 0.717) is 11.3 Å². The molecule has 3 aromatic rings. The summed E-state index contributed by atoms with van der Waals surface area (Å²) in [6.07, 6.45) is 2.70. The van der Waals surface area contributed by atoms with Crippen LogP contribution < -0.4 is 5.32 Å². The summed E-state index contributed by atoms with van der Waals surface area (Å²) in [4.78, 5) is 15.1. The summed E-state index contributed by atoms with van der Waals surface area (Å²) in [6, 6.07) is 17.8. The predicted molar refractivity (Wildman–Crippen MR) is 101 cm³/mol. The molecule has 1 atom stereocenters. The zero-order valence-electron chi connectivity index (χ0n) is 14.7. The number of likely N-dealkylation sites (tertiary alicyclic amines) is 1. The highest BCUT2D eigenvalue weighted by Gasteiger charge is 2.21. The number of aromatic nitrogens is 1. The summed E-state index contributed by atoms with van der Waals surface area (Å²) >= 11 is 0. The first-order valence-electron chi connectivity index (χ1n) is 9.19. The summed E-state index contributed by atoms with van der Waals surface area (Å²) in [7, 11) is 0. The molecule has 0 radical (unpaired) electrons. The van der Waals surface area contributed by atoms with E-state index in [1.807, 2.05) is 42.5 Å². The molecule has 0 aliphatic carbocycles. The van der Waals surface area contributed by atoms with Gasteiger partial charge in [-0.25, -0.2) is 0 Å². The summed E-state index contributed by atoms with van der Waals surface area (Å²) in [6.45, 7) is 3.05. The lowest BCUT2D eigenvalue weighted by atomic mass is 10.1. The minimum atomic E-state index is -0.0305. The van der Waals surface area contributed by atoms with Crippen LogP contribution in [0.5, 0.6) is 0 Å². The van der Waals surface area contributed by atoms with E-state index in [2.05, 4.69) is 27.5 Å². The average molecular weight is 349 g/mol. The lowest BCUT2D eigenvalue weighted by Crippen LogP contribution is -2.37. The van der Waals surface area contributed by atoms with Crippen molar-refractivity contribution in [1.82, 2.24) is 15.4 Å². The number of hydrogen-bond donors (Lipinski definition) is 1. The van der Waals surface area contributed by atoms with Crippen LogP contribution in [-0.4, -0.2) is 35.6 Å². The highest BCUT2D eigenvalue weighted by Crippen LogP contribution is 2.20. The predicted octanol–water partition coefficient (Wildman–Crippen LogP) is 3.32. The maximum absolute atomic E-state index is 12.7. The largest absolute Gasteiger partial charge is 0.356 e. The number of amides is 1. The number of carbonyl (C=O) groups is 1. The van der Waals surface area contributed by atoms with Gasteiger partial charge in [-0.2, -0.15) is 0 Å². The van der Waals surface area contributed by atoms with Gasteiger partial charge in [0.25, 0.3) is 0 Å². The van der Waals surface area contributed by atoms with Crippen molar-refractivity contribution in [1.29, 1.82) is 0 Å². The number of hydrogen-bond acceptors (Lipinski definition) is 4. The van der Waals surface area contributed by atoms with Gasteiger partial charge >= 0.3 is 0 Å². The molecule has 2 aromatic carbocycles. The van der Waals surface area contributed by atoms with Crippen LogP contribution in [0.1, 0.15) is 30.1 Å². The van der Waals surface area contributed by atoms with Crippen LogP contribution in [0.25, 0.3) is 11.0 Å². The first kappa shape index (κ1) is 16.8. The van der Waals surface area contributed by atoms with Crippen molar-refractivity contribution in [3.8, 4) is 0 Å². The summed E-state index contributed by atoms with van der Waals surface area (Å²) in [5.74, 6) is -0.0305. The lowest BCUT2D eigenvalue weighted by molar-refractivity contribution is -0.121. The maximum Gasteiger partial charge on any atom is 0.226 e. The second kappa shape index (κ2) is 7.70. The van der Waals surface area contributed by atoms with Gasteiger partial charge in [0.2, 0.25) is 5.91 Å². The number of fused-ring (bicyclic) bond motifs is 1. The van der Waals surface area contributed by atoms with Crippen molar-refractivity contribution in [3.63, 3.8) is 0 Å². The van der Waals surface area contributed by atoms with Crippen LogP contribution in [0, 0.1) is 0 Å². The van der Waals surface area contributed by atoms with Crippen LogP contribution in [0.15, 0.2) is 59.1 Å². The van der Waals surface area contributed by atoms with Gasteiger partial charge in [0, 0.05) is 11.9 Å². The highest BCUT2D eigenvalue weighted by atomic mass is 16.5. The number of benzene rings is 2. The Morgan fingerprint density at radius 3 is 2.62 bits per heavy atom. The third kappa shape index (κ3) is 3.78. The van der Waals surface area contributed by atoms with Crippen LogP contribution in [0.3, 0.4) is 0 Å². The van der Waals surface area contributed by atoms with E-state index in [0.717, 1.165) is 30.6 Å². The van der Waals surface area contributed by atoms with Crippen molar-refractivity contribution >= 4 is 16.9 Å². The van der Waals surface area contributed by atoms with E-state index in [4.69, 9.17) is 4.52 Å². The topological polar surface area (TPSA) is 58.4 Å². The van der Waals surface area contributed by atoms with Gasteiger partial charge in [-0.05, 0) is 43.6 Å². The summed E-state index contributed by atoms with van der Waals surface area (Å²) in [5.41, 5.74) is 2.54. The van der Waals surface area contributed by atoms with E-state index < -0.39 is 0 Å². The first-order valence-corrected chi connectivity index (χ1v) is 9.19. The Kier molecular flexibility index (Phi) is 4.97. The molecule has 0 spiro atoms. The molecule has 1 aliphatic rings. The molecule has 0 bridgehead atoms. The molecule has 1 N–H and O–H groups in total. The van der Waals surface area contributed by atoms with Crippen molar-refractivity contribution < 1.29 is 9.32 Å². The smallest absolute Gasteiger partial charge is 0.226 e. The van der Waals surface area contributed by atoms with Gasteiger partial charge in [-0.1, -0.05) is 47.6 Å². The Hall–Kier alpha value is -2.66. The molecule has 1 aromatic heterocycles. The Labute approximate surface area is 153 Å². The van der Waals surface area contributed by atoms with Crippen LogP contribution >= 0.6 is 0 Å². The minimum Gasteiger partial charge on any atom is -0.356 e.